The highest BCUT2D eigenvalue weighted by atomic mass is 15.0. The minimum Gasteiger partial charge on any atom is -0.313 e. The smallest absolute Gasteiger partial charge is 0.0998 e. The van der Waals surface area contributed by atoms with Gasteiger partial charge in [-0.25, -0.2) is 0 Å². The first-order valence-corrected chi connectivity index (χ1v) is 16.5. The van der Waals surface area contributed by atoms with Gasteiger partial charge in [0.15, 0.2) is 0 Å². The van der Waals surface area contributed by atoms with Gasteiger partial charge in [0, 0.05) is 44.5 Å². The van der Waals surface area contributed by atoms with Crippen molar-refractivity contribution in [2.24, 2.45) is 0 Å². The van der Waals surface area contributed by atoms with Gasteiger partial charge in [-0.15, -0.1) is 0 Å². The van der Waals surface area contributed by atoms with Crippen LogP contribution in [0.4, 0.5) is 0 Å². The molecule has 0 spiro atoms. The lowest BCUT2D eigenvalue weighted by atomic mass is 9.94. The fourth-order valence-electron chi connectivity index (χ4n) is 7.90. The number of nitrogens with zero attached hydrogens (tertiary/aromatic N) is 4. The molecular formula is C44H30N4. The Balaban J connectivity index is 1.22. The molecule has 0 bridgehead atoms. The summed E-state index contributed by atoms with van der Waals surface area (Å²) >= 11 is 0. The highest BCUT2D eigenvalue weighted by molar-refractivity contribution is 5.99. The maximum Gasteiger partial charge on any atom is 0.0998 e. The molecule has 0 unspecified atom stereocenters. The molecule has 4 nitrogen and oxygen atoms in total. The van der Waals surface area contributed by atoms with Crippen molar-refractivity contribution in [3.63, 3.8) is 0 Å². The zero-order valence-corrected chi connectivity index (χ0v) is 26.3. The molecule has 48 heavy (non-hydrogen) atoms. The summed E-state index contributed by atoms with van der Waals surface area (Å²) in [6, 6.07) is 42.9. The number of allylic oxidation sites excluding steroid dienone is 2. The second-order valence-electron chi connectivity index (χ2n) is 12.5. The van der Waals surface area contributed by atoms with Gasteiger partial charge in [-0.3, -0.25) is 0 Å². The molecule has 0 saturated heterocycles. The Morgan fingerprint density at radius 3 is 2.02 bits per heavy atom. The fraction of sp³-hybridized carbons (Fsp3) is 0.0909. The van der Waals surface area contributed by atoms with Gasteiger partial charge in [-0.2, -0.15) is 10.5 Å². The Labute approximate surface area is 279 Å². The monoisotopic (exact) mass is 614 g/mol. The summed E-state index contributed by atoms with van der Waals surface area (Å²) < 4.78 is 4.71. The standard InChI is InChI=1S/C44H30N4/c45-27-32-14-9-23-41(48-40-22-6-3-19-37(40)44-33(28-46)15-10-24-42(44)48)43(32)31-13-7-11-29(25-31)30-12-8-16-34(26-30)47-38-20-4-1-17-35(38)36-18-2-5-21-39(36)47/h1-4,7-20,23-26H,5-6,21-22H2. The van der Waals surface area contributed by atoms with Crippen LogP contribution in [0.3, 0.4) is 0 Å². The molecule has 226 valence electrons. The van der Waals surface area contributed by atoms with E-state index in [2.05, 4.69) is 131 Å². The van der Waals surface area contributed by atoms with Crippen LogP contribution in [0.2, 0.25) is 0 Å². The fourth-order valence-corrected chi connectivity index (χ4v) is 7.90. The molecule has 7 aromatic rings. The summed E-state index contributed by atoms with van der Waals surface area (Å²) in [4.78, 5) is 0. The maximum atomic E-state index is 10.4. The van der Waals surface area contributed by atoms with Gasteiger partial charge < -0.3 is 9.13 Å². The largest absolute Gasteiger partial charge is 0.313 e. The van der Waals surface area contributed by atoms with Gasteiger partial charge in [0.1, 0.15) is 0 Å². The molecule has 0 fully saturated rings. The van der Waals surface area contributed by atoms with E-state index in [0.717, 1.165) is 75.8 Å². The van der Waals surface area contributed by atoms with Gasteiger partial charge in [-0.1, -0.05) is 85.0 Å². The summed E-state index contributed by atoms with van der Waals surface area (Å²) in [6.07, 6.45) is 12.7. The van der Waals surface area contributed by atoms with Crippen molar-refractivity contribution in [3.05, 3.63) is 155 Å². The average Bonchev–Trinajstić information content (AvgIpc) is 3.68. The molecule has 2 aliphatic carbocycles. The van der Waals surface area contributed by atoms with Crippen LogP contribution in [0.15, 0.2) is 121 Å². The molecule has 0 atom stereocenters. The van der Waals surface area contributed by atoms with Gasteiger partial charge in [0.25, 0.3) is 0 Å². The third-order valence-corrected chi connectivity index (χ3v) is 9.93. The second-order valence-corrected chi connectivity index (χ2v) is 12.5. The number of hydrogen-bond donors (Lipinski definition) is 0. The van der Waals surface area contributed by atoms with Gasteiger partial charge in [-0.05, 0) is 90.9 Å². The number of rotatable bonds is 4. The van der Waals surface area contributed by atoms with E-state index in [1.165, 1.54) is 27.9 Å². The molecule has 5 aromatic carbocycles. The maximum absolute atomic E-state index is 10.4. The normalized spacial score (nSPS) is 13.3. The number of benzene rings is 5. The van der Waals surface area contributed by atoms with E-state index in [-0.39, 0.29) is 0 Å². The van der Waals surface area contributed by atoms with Gasteiger partial charge in [0.05, 0.1) is 40.0 Å². The van der Waals surface area contributed by atoms with Crippen molar-refractivity contribution < 1.29 is 0 Å². The highest BCUT2D eigenvalue weighted by Gasteiger charge is 2.24. The van der Waals surface area contributed by atoms with Crippen LogP contribution in [-0.4, -0.2) is 9.13 Å². The minimum absolute atomic E-state index is 0.621. The van der Waals surface area contributed by atoms with Crippen LogP contribution in [0.1, 0.15) is 46.5 Å². The van der Waals surface area contributed by atoms with E-state index in [1.54, 1.807) is 0 Å². The Kier molecular flexibility index (Phi) is 6.49. The summed E-state index contributed by atoms with van der Waals surface area (Å²) in [6.45, 7) is 0. The predicted molar refractivity (Wildman–Crippen MR) is 195 cm³/mol. The van der Waals surface area contributed by atoms with Crippen molar-refractivity contribution in [1.29, 1.82) is 10.5 Å². The summed E-state index contributed by atoms with van der Waals surface area (Å²) in [5, 5.41) is 22.7. The highest BCUT2D eigenvalue weighted by Crippen LogP contribution is 2.41. The van der Waals surface area contributed by atoms with Crippen LogP contribution in [0.5, 0.6) is 0 Å². The van der Waals surface area contributed by atoms with Crippen LogP contribution in [-0.2, 0) is 12.8 Å². The van der Waals surface area contributed by atoms with E-state index in [9.17, 15) is 10.5 Å². The summed E-state index contributed by atoms with van der Waals surface area (Å²) in [5.74, 6) is 0. The van der Waals surface area contributed by atoms with Crippen LogP contribution >= 0.6 is 0 Å². The third kappa shape index (κ3) is 4.20. The van der Waals surface area contributed by atoms with Crippen molar-refractivity contribution >= 4 is 34.0 Å². The van der Waals surface area contributed by atoms with Crippen molar-refractivity contribution in [3.8, 4) is 45.8 Å². The quantitative estimate of drug-likeness (QED) is 0.198. The molecule has 0 saturated carbocycles. The number of aromatic nitrogens is 2. The number of fused-ring (bicyclic) bond motifs is 6. The average molecular weight is 615 g/mol. The van der Waals surface area contributed by atoms with Crippen LogP contribution in [0, 0.1) is 22.7 Å². The first kappa shape index (κ1) is 27.9. The predicted octanol–water partition coefficient (Wildman–Crippen LogP) is 10.6. The Morgan fingerprint density at radius 1 is 0.542 bits per heavy atom. The lowest BCUT2D eigenvalue weighted by molar-refractivity contribution is 0.888. The molecule has 0 aliphatic heterocycles. The van der Waals surface area contributed by atoms with E-state index < -0.39 is 0 Å². The van der Waals surface area contributed by atoms with Crippen molar-refractivity contribution in [2.45, 2.75) is 25.7 Å². The second kappa shape index (κ2) is 11.2. The number of para-hydroxylation sites is 1. The van der Waals surface area contributed by atoms with Crippen molar-refractivity contribution in [2.75, 3.05) is 0 Å². The molecule has 0 N–H and O–H groups in total. The number of nitriles is 2. The van der Waals surface area contributed by atoms with Crippen LogP contribution in [0.25, 0.3) is 67.6 Å². The molecule has 9 rings (SSSR count). The van der Waals surface area contributed by atoms with E-state index >= 15 is 0 Å². The number of hydrogen-bond acceptors (Lipinski definition) is 2. The Hall–Kier alpha value is -6.36. The van der Waals surface area contributed by atoms with Gasteiger partial charge >= 0.3 is 0 Å². The van der Waals surface area contributed by atoms with E-state index in [4.69, 9.17) is 0 Å². The minimum atomic E-state index is 0.621. The van der Waals surface area contributed by atoms with Gasteiger partial charge in [0.2, 0.25) is 0 Å². The Bertz CT molecular complexity index is 2590. The molecular weight excluding hydrogens is 585 g/mol. The molecule has 2 heterocycles. The molecule has 0 amide bonds. The van der Waals surface area contributed by atoms with Crippen LogP contribution < -0.4 is 0 Å². The van der Waals surface area contributed by atoms with E-state index in [0.29, 0.717) is 11.1 Å². The lowest BCUT2D eigenvalue weighted by Gasteiger charge is -2.19. The first-order valence-electron chi connectivity index (χ1n) is 16.5. The molecule has 4 heteroatoms. The SMILES string of the molecule is N#Cc1cccc(-n2c3c(c4c(C#N)cccc42)C=CCC3)c1-c1cccc(-c2cccc(-n3c4c(c5ccccc53)C=CCC4)c2)c1. The zero-order valence-electron chi connectivity index (χ0n) is 26.3. The third-order valence-electron chi connectivity index (χ3n) is 9.93. The van der Waals surface area contributed by atoms with E-state index in [1.807, 2.05) is 24.3 Å². The lowest BCUT2D eigenvalue weighted by Crippen LogP contribution is -2.05. The zero-order chi connectivity index (χ0) is 32.2. The molecule has 2 aromatic heterocycles. The Morgan fingerprint density at radius 2 is 1.19 bits per heavy atom. The topological polar surface area (TPSA) is 57.4 Å². The molecule has 2 aliphatic rings. The summed E-state index contributed by atoms with van der Waals surface area (Å²) in [7, 11) is 0. The molecule has 0 radical (unpaired) electrons. The summed E-state index contributed by atoms with van der Waals surface area (Å²) in [5.41, 5.74) is 14.6. The first-order chi connectivity index (χ1) is 23.7. The van der Waals surface area contributed by atoms with Crippen molar-refractivity contribution in [1.82, 2.24) is 9.13 Å².